The fraction of sp³-hybridized carbons (Fsp3) is 0.300. The Morgan fingerprint density at radius 3 is 1.83 bits per heavy atom. The van der Waals surface area contributed by atoms with E-state index >= 15 is 0 Å². The lowest BCUT2D eigenvalue weighted by atomic mass is 9.82. The van der Waals surface area contributed by atoms with E-state index in [0.29, 0.717) is 0 Å². The average Bonchev–Trinajstić information content (AvgIpc) is 2.29. The molecule has 0 heterocycles. The summed E-state index contributed by atoms with van der Waals surface area (Å²) in [5.41, 5.74) is -0.142. The molecule has 98 valence electrons. The molecule has 1 fully saturated rings. The van der Waals surface area contributed by atoms with Crippen molar-refractivity contribution < 1.29 is 26.3 Å². The number of hydrogen-bond acceptors (Lipinski definition) is 2. The summed E-state index contributed by atoms with van der Waals surface area (Å²) in [5.74, 6) is -15.3. The molecule has 0 atom stereocenters. The Balaban J connectivity index is 2.24. The minimum Gasteiger partial charge on any atom is -0.278 e. The van der Waals surface area contributed by atoms with E-state index in [1.165, 1.54) is 24.3 Å². The number of anilines is 1. The van der Waals surface area contributed by atoms with E-state index in [1.54, 1.807) is 6.07 Å². The molecule has 2 rings (SSSR count). The maximum atomic E-state index is 12.8. The number of nitrogens with zero attached hydrogens (tertiary/aromatic N) is 1. The van der Waals surface area contributed by atoms with Crippen LogP contribution in [0.4, 0.5) is 32.0 Å². The third-order valence-corrected chi connectivity index (χ3v) is 2.45. The summed E-state index contributed by atoms with van der Waals surface area (Å²) in [5, 5.41) is 2.69. The minimum atomic E-state index is -5.41. The molecule has 2 nitrogen and oxygen atoms in total. The van der Waals surface area contributed by atoms with E-state index < -0.39 is 23.5 Å². The third kappa shape index (κ3) is 1.48. The Morgan fingerprint density at radius 2 is 1.33 bits per heavy atom. The largest absolute Gasteiger partial charge is 0.383 e. The van der Waals surface area contributed by atoms with Crippen LogP contribution >= 0.6 is 0 Å². The van der Waals surface area contributed by atoms with Crippen molar-refractivity contribution >= 4 is 11.4 Å². The number of para-hydroxylation sites is 1. The second-order valence-corrected chi connectivity index (χ2v) is 3.66. The zero-order valence-corrected chi connectivity index (χ0v) is 8.60. The number of alkyl halides is 6. The highest BCUT2D eigenvalue weighted by Crippen LogP contribution is 2.58. The Labute approximate surface area is 97.3 Å². The molecule has 1 aromatic carbocycles. The van der Waals surface area contributed by atoms with Gasteiger partial charge in [0, 0.05) is 0 Å². The number of hydrogen-bond donors (Lipinski definition) is 1. The smallest absolute Gasteiger partial charge is 0.278 e. The second kappa shape index (κ2) is 3.63. The molecule has 0 spiro atoms. The van der Waals surface area contributed by atoms with Crippen molar-refractivity contribution in [2.45, 2.75) is 17.8 Å². The lowest BCUT2D eigenvalue weighted by Gasteiger charge is -2.43. The predicted octanol–water partition coefficient (Wildman–Crippen LogP) is 3.37. The zero-order valence-electron chi connectivity index (χ0n) is 8.60. The highest BCUT2D eigenvalue weighted by Gasteiger charge is 2.89. The third-order valence-electron chi connectivity index (χ3n) is 2.45. The average molecular weight is 268 g/mol. The van der Waals surface area contributed by atoms with Gasteiger partial charge in [-0.15, -0.1) is 0 Å². The molecule has 1 aliphatic carbocycles. The highest BCUT2D eigenvalue weighted by molar-refractivity contribution is 6.06. The van der Waals surface area contributed by atoms with Gasteiger partial charge >= 0.3 is 17.8 Å². The van der Waals surface area contributed by atoms with Gasteiger partial charge in [0.1, 0.15) is 0 Å². The predicted molar refractivity (Wildman–Crippen MR) is 52.3 cm³/mol. The van der Waals surface area contributed by atoms with Gasteiger partial charge in [-0.2, -0.15) is 31.4 Å². The molecule has 1 aromatic rings. The van der Waals surface area contributed by atoms with Crippen LogP contribution < -0.4 is 5.43 Å². The first kappa shape index (κ1) is 12.7. The minimum absolute atomic E-state index is 0.131. The van der Waals surface area contributed by atoms with Crippen LogP contribution in [0.2, 0.25) is 0 Å². The van der Waals surface area contributed by atoms with Crippen LogP contribution in [0.25, 0.3) is 0 Å². The van der Waals surface area contributed by atoms with E-state index in [1.807, 2.05) is 5.43 Å². The van der Waals surface area contributed by atoms with Crippen molar-refractivity contribution in [2.24, 2.45) is 5.10 Å². The van der Waals surface area contributed by atoms with Crippen LogP contribution in [0, 0.1) is 0 Å². The SMILES string of the molecule is FC1(F)C(=NNc2ccccc2)C(F)(F)C1(F)F. The van der Waals surface area contributed by atoms with Gasteiger partial charge in [-0.25, -0.2) is 0 Å². The molecule has 0 aliphatic heterocycles. The van der Waals surface area contributed by atoms with Gasteiger partial charge in [0.05, 0.1) is 5.69 Å². The zero-order chi connectivity index (χ0) is 13.6. The quantitative estimate of drug-likeness (QED) is 0.645. The highest BCUT2D eigenvalue weighted by atomic mass is 19.4. The summed E-state index contributed by atoms with van der Waals surface area (Å²) in [4.78, 5) is 0. The van der Waals surface area contributed by atoms with Gasteiger partial charge in [-0.1, -0.05) is 18.2 Å². The summed E-state index contributed by atoms with van der Waals surface area (Å²) in [6.45, 7) is 0. The topological polar surface area (TPSA) is 24.4 Å². The molecular formula is C10H6F6N2. The summed E-state index contributed by atoms with van der Waals surface area (Å²) >= 11 is 0. The van der Waals surface area contributed by atoms with E-state index in [2.05, 4.69) is 5.10 Å². The summed E-state index contributed by atoms with van der Waals surface area (Å²) in [7, 11) is 0. The van der Waals surface area contributed by atoms with Crippen LogP contribution in [0.5, 0.6) is 0 Å². The standard InChI is InChI=1S/C10H6F6N2/c11-8(12)7(9(13,14)10(8,15)16)18-17-6-4-2-1-3-5-6/h1-5,17H. The van der Waals surface area contributed by atoms with E-state index in [9.17, 15) is 26.3 Å². The molecule has 1 saturated carbocycles. The fourth-order valence-electron chi connectivity index (χ4n) is 1.40. The first-order chi connectivity index (χ1) is 8.21. The fourth-order valence-corrected chi connectivity index (χ4v) is 1.40. The first-order valence-electron chi connectivity index (χ1n) is 4.74. The normalized spacial score (nSPS) is 23.1. The maximum Gasteiger partial charge on any atom is 0.383 e. The Bertz CT molecular complexity index is 462. The van der Waals surface area contributed by atoms with E-state index in [-0.39, 0.29) is 5.69 Å². The number of hydrazone groups is 1. The van der Waals surface area contributed by atoms with Gasteiger partial charge in [-0.05, 0) is 12.1 Å². The van der Waals surface area contributed by atoms with Crippen molar-refractivity contribution in [1.82, 2.24) is 0 Å². The van der Waals surface area contributed by atoms with Gasteiger partial charge < -0.3 is 0 Å². The van der Waals surface area contributed by atoms with Gasteiger partial charge in [0.15, 0.2) is 5.71 Å². The second-order valence-electron chi connectivity index (χ2n) is 3.66. The van der Waals surface area contributed by atoms with Crippen LogP contribution in [-0.4, -0.2) is 23.5 Å². The molecule has 18 heavy (non-hydrogen) atoms. The lowest BCUT2D eigenvalue weighted by molar-refractivity contribution is -0.305. The van der Waals surface area contributed by atoms with Crippen molar-refractivity contribution in [2.75, 3.05) is 5.43 Å². The molecule has 0 unspecified atom stereocenters. The summed E-state index contributed by atoms with van der Waals surface area (Å²) < 4.78 is 76.0. The molecule has 0 bridgehead atoms. The van der Waals surface area contributed by atoms with E-state index in [4.69, 9.17) is 0 Å². The molecule has 0 aromatic heterocycles. The van der Waals surface area contributed by atoms with Crippen molar-refractivity contribution in [1.29, 1.82) is 0 Å². The maximum absolute atomic E-state index is 12.8. The Morgan fingerprint density at radius 1 is 0.833 bits per heavy atom. The van der Waals surface area contributed by atoms with Crippen molar-refractivity contribution in [3.63, 3.8) is 0 Å². The van der Waals surface area contributed by atoms with Crippen LogP contribution in [0.15, 0.2) is 35.4 Å². The molecule has 1 aliphatic rings. The monoisotopic (exact) mass is 268 g/mol. The number of halogens is 6. The Kier molecular flexibility index (Phi) is 2.56. The summed E-state index contributed by atoms with van der Waals surface area (Å²) in [6.07, 6.45) is 0. The van der Waals surface area contributed by atoms with Crippen LogP contribution in [-0.2, 0) is 0 Å². The van der Waals surface area contributed by atoms with Gasteiger partial charge in [0.25, 0.3) is 0 Å². The Hall–Kier alpha value is -1.73. The van der Waals surface area contributed by atoms with E-state index in [0.717, 1.165) is 0 Å². The number of nitrogens with one attached hydrogen (secondary N) is 1. The molecule has 0 amide bonds. The first-order valence-corrected chi connectivity index (χ1v) is 4.74. The lowest BCUT2D eigenvalue weighted by Crippen LogP contribution is -2.75. The van der Waals surface area contributed by atoms with Crippen molar-refractivity contribution in [3.8, 4) is 0 Å². The van der Waals surface area contributed by atoms with Crippen LogP contribution in [0.1, 0.15) is 0 Å². The molecule has 1 N–H and O–H groups in total. The van der Waals surface area contributed by atoms with Gasteiger partial charge in [0.2, 0.25) is 0 Å². The molecule has 0 saturated heterocycles. The number of benzene rings is 1. The molecule has 0 radical (unpaired) electrons. The van der Waals surface area contributed by atoms with Gasteiger partial charge in [-0.3, -0.25) is 5.43 Å². The van der Waals surface area contributed by atoms with Crippen LogP contribution in [0.3, 0.4) is 0 Å². The molecule has 8 heteroatoms. The number of rotatable bonds is 2. The summed E-state index contributed by atoms with van der Waals surface area (Å²) in [6, 6.07) is 7.30. The van der Waals surface area contributed by atoms with Crippen molar-refractivity contribution in [3.05, 3.63) is 30.3 Å². The molecular weight excluding hydrogens is 262 g/mol.